The summed E-state index contributed by atoms with van der Waals surface area (Å²) in [7, 11) is 1.95. The first-order valence-corrected chi connectivity index (χ1v) is 7.46. The fraction of sp³-hybridized carbons (Fsp3) is 0.692. The summed E-state index contributed by atoms with van der Waals surface area (Å²) in [5.74, 6) is 1.88. The summed E-state index contributed by atoms with van der Waals surface area (Å²) in [5.41, 5.74) is 2.28. The summed E-state index contributed by atoms with van der Waals surface area (Å²) in [6, 6.07) is 0.587. The van der Waals surface area contributed by atoms with Crippen LogP contribution in [0.1, 0.15) is 31.5 Å². The van der Waals surface area contributed by atoms with E-state index >= 15 is 0 Å². The van der Waals surface area contributed by atoms with Crippen LogP contribution in [0.15, 0.2) is 11.2 Å². The van der Waals surface area contributed by atoms with Crippen LogP contribution >= 0.6 is 11.8 Å². The van der Waals surface area contributed by atoms with Crippen LogP contribution in [0.2, 0.25) is 0 Å². The van der Waals surface area contributed by atoms with Gasteiger partial charge in [0.1, 0.15) is 0 Å². The van der Waals surface area contributed by atoms with Crippen LogP contribution in [0.25, 0.3) is 0 Å². The van der Waals surface area contributed by atoms with E-state index < -0.39 is 0 Å². The van der Waals surface area contributed by atoms with Crippen LogP contribution in [0, 0.1) is 12.8 Å². The average molecular weight is 266 g/mol. The number of amidine groups is 1. The topological polar surface area (TPSA) is 42.2 Å². The second-order valence-corrected chi connectivity index (χ2v) is 6.33. The molecule has 100 valence electrons. The van der Waals surface area contributed by atoms with Crippen LogP contribution < -0.4 is 5.32 Å². The van der Waals surface area contributed by atoms with Crippen molar-refractivity contribution in [2.24, 2.45) is 18.0 Å². The summed E-state index contributed by atoms with van der Waals surface area (Å²) >= 11 is 1.84. The van der Waals surface area contributed by atoms with Gasteiger partial charge in [-0.3, -0.25) is 9.67 Å². The fourth-order valence-corrected chi connectivity index (χ4v) is 3.17. The van der Waals surface area contributed by atoms with Gasteiger partial charge in [-0.05, 0) is 19.3 Å². The number of nitrogens with zero attached hydrogens (tertiary/aromatic N) is 3. The molecule has 4 nitrogen and oxygen atoms in total. The molecule has 1 aliphatic heterocycles. The van der Waals surface area contributed by atoms with E-state index in [4.69, 9.17) is 0 Å². The molecular formula is C13H22N4S. The molecule has 1 aromatic rings. The standard InChI is InChI=1S/C13H22N4S/c1-9(2)5-12-8-18-13(15-12)14-6-11-7-17(4)16-10(11)3/h7,9,12H,5-6,8H2,1-4H3,(H,14,15). The molecule has 0 saturated carbocycles. The Bertz CT molecular complexity index is 436. The van der Waals surface area contributed by atoms with Gasteiger partial charge in [-0.25, -0.2) is 0 Å². The van der Waals surface area contributed by atoms with Gasteiger partial charge in [-0.2, -0.15) is 5.10 Å². The predicted molar refractivity (Wildman–Crippen MR) is 77.9 cm³/mol. The minimum atomic E-state index is 0.587. The molecule has 0 aromatic carbocycles. The maximum absolute atomic E-state index is 4.64. The quantitative estimate of drug-likeness (QED) is 0.909. The van der Waals surface area contributed by atoms with Crippen LogP contribution in [0.4, 0.5) is 0 Å². The SMILES string of the molecule is Cc1nn(C)cc1CN=C1NC(CC(C)C)CS1. The highest BCUT2D eigenvalue weighted by atomic mass is 32.2. The van der Waals surface area contributed by atoms with Crippen LogP contribution in [0.3, 0.4) is 0 Å². The van der Waals surface area contributed by atoms with Crippen molar-refractivity contribution in [3.05, 3.63) is 17.5 Å². The van der Waals surface area contributed by atoms with Gasteiger partial charge >= 0.3 is 0 Å². The zero-order valence-electron chi connectivity index (χ0n) is 11.6. The van der Waals surface area contributed by atoms with E-state index in [1.807, 2.05) is 36.6 Å². The molecule has 0 radical (unpaired) electrons. The summed E-state index contributed by atoms with van der Waals surface area (Å²) in [4.78, 5) is 4.64. The van der Waals surface area contributed by atoms with Gasteiger partial charge in [0.05, 0.1) is 12.2 Å². The van der Waals surface area contributed by atoms with Gasteiger partial charge in [0, 0.05) is 30.6 Å². The predicted octanol–water partition coefficient (Wildman–Crippen LogP) is 2.34. The van der Waals surface area contributed by atoms with E-state index in [1.165, 1.54) is 12.0 Å². The van der Waals surface area contributed by atoms with E-state index in [0.29, 0.717) is 6.04 Å². The van der Waals surface area contributed by atoms with E-state index in [1.54, 1.807) is 0 Å². The highest BCUT2D eigenvalue weighted by Gasteiger charge is 2.20. The minimum Gasteiger partial charge on any atom is -0.361 e. The third kappa shape index (κ3) is 3.51. The van der Waals surface area contributed by atoms with Gasteiger partial charge in [-0.1, -0.05) is 25.6 Å². The van der Waals surface area contributed by atoms with Gasteiger partial charge in [0.2, 0.25) is 0 Å². The zero-order valence-corrected chi connectivity index (χ0v) is 12.4. The maximum Gasteiger partial charge on any atom is 0.157 e. The monoisotopic (exact) mass is 266 g/mol. The first-order valence-electron chi connectivity index (χ1n) is 6.47. The number of rotatable bonds is 4. The third-order valence-electron chi connectivity index (χ3n) is 3.01. The minimum absolute atomic E-state index is 0.587. The molecule has 0 bridgehead atoms. The summed E-state index contributed by atoms with van der Waals surface area (Å²) in [6.07, 6.45) is 3.27. The van der Waals surface area contributed by atoms with Crippen molar-refractivity contribution in [2.45, 2.75) is 39.8 Å². The Hall–Kier alpha value is -0.970. The van der Waals surface area contributed by atoms with Crippen molar-refractivity contribution in [2.75, 3.05) is 5.75 Å². The van der Waals surface area contributed by atoms with Crippen molar-refractivity contribution in [3.63, 3.8) is 0 Å². The van der Waals surface area contributed by atoms with Crippen molar-refractivity contribution in [1.82, 2.24) is 15.1 Å². The summed E-state index contributed by atoms with van der Waals surface area (Å²) in [5, 5.41) is 8.92. The largest absolute Gasteiger partial charge is 0.361 e. The van der Waals surface area contributed by atoms with Gasteiger partial charge in [0.25, 0.3) is 0 Å². The normalized spacial score (nSPS) is 21.8. The molecule has 1 aliphatic rings. The molecule has 1 saturated heterocycles. The van der Waals surface area contributed by atoms with Crippen molar-refractivity contribution in [3.8, 4) is 0 Å². The Morgan fingerprint density at radius 2 is 2.39 bits per heavy atom. The average Bonchev–Trinajstić information content (AvgIpc) is 2.82. The smallest absolute Gasteiger partial charge is 0.157 e. The van der Waals surface area contributed by atoms with Crippen molar-refractivity contribution < 1.29 is 0 Å². The lowest BCUT2D eigenvalue weighted by atomic mass is 10.1. The molecule has 0 aliphatic carbocycles. The molecule has 5 heteroatoms. The number of nitrogens with one attached hydrogen (secondary N) is 1. The molecule has 2 rings (SSSR count). The van der Waals surface area contributed by atoms with Crippen molar-refractivity contribution >= 4 is 16.9 Å². The Labute approximate surface area is 113 Å². The molecule has 1 N–H and O–H groups in total. The van der Waals surface area contributed by atoms with Crippen LogP contribution in [-0.2, 0) is 13.6 Å². The molecule has 1 aromatic heterocycles. The fourth-order valence-electron chi connectivity index (χ4n) is 2.19. The number of hydrogen-bond donors (Lipinski definition) is 1. The number of aryl methyl sites for hydroxylation is 2. The second kappa shape index (κ2) is 5.78. The number of aromatic nitrogens is 2. The van der Waals surface area contributed by atoms with E-state index in [-0.39, 0.29) is 0 Å². The molecule has 1 fully saturated rings. The van der Waals surface area contributed by atoms with Crippen LogP contribution in [0.5, 0.6) is 0 Å². The molecule has 1 unspecified atom stereocenters. The Kier molecular flexibility index (Phi) is 4.32. The molecule has 1 atom stereocenters. The maximum atomic E-state index is 4.64. The molecule has 18 heavy (non-hydrogen) atoms. The zero-order chi connectivity index (χ0) is 13.1. The Balaban J connectivity index is 1.89. The summed E-state index contributed by atoms with van der Waals surface area (Å²) < 4.78 is 1.85. The second-order valence-electron chi connectivity index (χ2n) is 5.32. The van der Waals surface area contributed by atoms with Gasteiger partial charge in [0.15, 0.2) is 5.17 Å². The lowest BCUT2D eigenvalue weighted by Gasteiger charge is -2.11. The first kappa shape index (κ1) is 13.5. The Morgan fingerprint density at radius 3 is 3.00 bits per heavy atom. The third-order valence-corrected chi connectivity index (χ3v) is 4.10. The molecule has 0 amide bonds. The number of thioether (sulfide) groups is 1. The number of aliphatic imine (C=N–C) groups is 1. The van der Waals surface area contributed by atoms with Crippen LogP contribution in [-0.4, -0.2) is 26.7 Å². The van der Waals surface area contributed by atoms with Gasteiger partial charge in [-0.15, -0.1) is 0 Å². The first-order chi connectivity index (χ1) is 8.54. The van der Waals surface area contributed by atoms with Crippen molar-refractivity contribution in [1.29, 1.82) is 0 Å². The van der Waals surface area contributed by atoms with E-state index in [9.17, 15) is 0 Å². The lowest BCUT2D eigenvalue weighted by molar-refractivity contribution is 0.502. The van der Waals surface area contributed by atoms with Gasteiger partial charge < -0.3 is 5.32 Å². The van der Waals surface area contributed by atoms with E-state index in [0.717, 1.165) is 29.1 Å². The Morgan fingerprint density at radius 1 is 1.61 bits per heavy atom. The van der Waals surface area contributed by atoms with E-state index in [2.05, 4.69) is 29.3 Å². The highest BCUT2D eigenvalue weighted by Crippen LogP contribution is 2.19. The summed E-state index contributed by atoms with van der Waals surface area (Å²) in [6.45, 7) is 7.29. The molecule has 2 heterocycles. The number of hydrogen-bond acceptors (Lipinski definition) is 3. The molecular weight excluding hydrogens is 244 g/mol. The lowest BCUT2D eigenvalue weighted by Crippen LogP contribution is -2.28. The molecule has 0 spiro atoms. The highest BCUT2D eigenvalue weighted by molar-refractivity contribution is 8.14.